The van der Waals surface area contributed by atoms with E-state index in [0.29, 0.717) is 21.5 Å². The van der Waals surface area contributed by atoms with Gasteiger partial charge in [-0.3, -0.25) is 4.79 Å². The van der Waals surface area contributed by atoms with E-state index >= 15 is 0 Å². The van der Waals surface area contributed by atoms with Crippen molar-refractivity contribution in [1.29, 1.82) is 0 Å². The van der Waals surface area contributed by atoms with Gasteiger partial charge in [0.1, 0.15) is 5.75 Å². The van der Waals surface area contributed by atoms with E-state index in [0.717, 1.165) is 0 Å². The Labute approximate surface area is 136 Å². The van der Waals surface area contributed by atoms with Crippen LogP contribution < -0.4 is 10.1 Å². The van der Waals surface area contributed by atoms with E-state index < -0.39 is 11.9 Å². The summed E-state index contributed by atoms with van der Waals surface area (Å²) >= 11 is 11.7. The average Bonchev–Trinajstić information content (AvgIpc) is 2.48. The third-order valence-corrected chi connectivity index (χ3v) is 3.19. The Hall–Kier alpha value is -2.24. The number of hydrogen-bond donors (Lipinski definition) is 2. The summed E-state index contributed by atoms with van der Waals surface area (Å²) in [5.74, 6) is -1.22. The minimum absolute atomic E-state index is 0.0802. The van der Waals surface area contributed by atoms with Crippen molar-refractivity contribution >= 4 is 40.8 Å². The molecule has 5 nitrogen and oxygen atoms in total. The van der Waals surface area contributed by atoms with Crippen LogP contribution in [0.4, 0.5) is 5.69 Å². The summed E-state index contributed by atoms with van der Waals surface area (Å²) in [5, 5.41) is 12.2. The zero-order valence-electron chi connectivity index (χ0n) is 11.2. The predicted molar refractivity (Wildman–Crippen MR) is 84.0 cm³/mol. The van der Waals surface area contributed by atoms with E-state index in [2.05, 4.69) is 5.32 Å². The molecule has 0 aromatic heterocycles. The summed E-state index contributed by atoms with van der Waals surface area (Å²) in [7, 11) is 0. The molecule has 0 spiro atoms. The molecule has 1 amide bonds. The second-order valence-corrected chi connectivity index (χ2v) is 5.14. The van der Waals surface area contributed by atoms with Gasteiger partial charge < -0.3 is 15.2 Å². The fourth-order valence-electron chi connectivity index (χ4n) is 1.66. The highest BCUT2D eigenvalue weighted by atomic mass is 35.5. The maximum atomic E-state index is 11.8. The lowest BCUT2D eigenvalue weighted by atomic mass is 10.2. The molecule has 2 N–H and O–H groups in total. The van der Waals surface area contributed by atoms with Crippen LogP contribution in [0.25, 0.3) is 0 Å². The molecule has 0 aliphatic rings. The number of carbonyl (C=O) groups excluding carboxylic acids is 1. The fourth-order valence-corrected chi connectivity index (χ4v) is 1.99. The quantitative estimate of drug-likeness (QED) is 0.870. The van der Waals surface area contributed by atoms with Gasteiger partial charge in [-0.2, -0.15) is 0 Å². The zero-order chi connectivity index (χ0) is 16.1. The van der Waals surface area contributed by atoms with E-state index in [1.54, 1.807) is 18.2 Å². The number of carboxylic acids is 1. The molecule has 0 unspecified atom stereocenters. The van der Waals surface area contributed by atoms with Crippen molar-refractivity contribution in [3.63, 3.8) is 0 Å². The minimum atomic E-state index is -1.07. The summed E-state index contributed by atoms with van der Waals surface area (Å²) in [5.41, 5.74) is 0.447. The van der Waals surface area contributed by atoms with Gasteiger partial charge in [0.2, 0.25) is 0 Å². The molecule has 2 aromatic carbocycles. The van der Waals surface area contributed by atoms with E-state index in [-0.39, 0.29) is 12.2 Å². The molecule has 7 heteroatoms. The zero-order valence-corrected chi connectivity index (χ0v) is 12.7. The molecule has 2 aromatic rings. The molecule has 22 heavy (non-hydrogen) atoms. The van der Waals surface area contributed by atoms with E-state index in [4.69, 9.17) is 33.0 Å². The molecule has 0 fully saturated rings. The number of carboxylic acid groups (broad SMARTS) is 1. The minimum Gasteiger partial charge on any atom is -0.482 e. The van der Waals surface area contributed by atoms with Crippen LogP contribution in [0.3, 0.4) is 0 Å². The van der Waals surface area contributed by atoms with Gasteiger partial charge in [0.05, 0.1) is 10.6 Å². The lowest BCUT2D eigenvalue weighted by Crippen LogP contribution is -2.20. The van der Waals surface area contributed by atoms with Gasteiger partial charge in [-0.15, -0.1) is 0 Å². The number of benzene rings is 2. The standard InChI is InChI=1S/C15H11Cl2NO4/c16-10-4-5-12(17)13(7-10)22-8-14(19)18-11-3-1-2-9(6-11)15(20)21/h1-7H,8H2,(H,18,19)(H,20,21). The Balaban J connectivity index is 1.97. The van der Waals surface area contributed by atoms with Gasteiger partial charge >= 0.3 is 5.97 Å². The fraction of sp³-hybridized carbons (Fsp3) is 0.0667. The van der Waals surface area contributed by atoms with E-state index in [1.807, 2.05) is 0 Å². The van der Waals surface area contributed by atoms with Crippen molar-refractivity contribution in [3.8, 4) is 5.75 Å². The molecular formula is C15H11Cl2NO4. The van der Waals surface area contributed by atoms with Crippen molar-refractivity contribution in [2.45, 2.75) is 0 Å². The number of carbonyl (C=O) groups is 2. The number of rotatable bonds is 5. The Bertz CT molecular complexity index is 718. The van der Waals surface area contributed by atoms with Crippen LogP contribution in [0.1, 0.15) is 10.4 Å². The molecule has 0 aliphatic carbocycles. The number of ether oxygens (including phenoxy) is 1. The van der Waals surface area contributed by atoms with Gasteiger partial charge in [-0.05, 0) is 30.3 Å². The second kappa shape index (κ2) is 7.15. The lowest BCUT2D eigenvalue weighted by Gasteiger charge is -2.09. The maximum Gasteiger partial charge on any atom is 0.335 e. The number of aromatic carboxylic acids is 1. The van der Waals surface area contributed by atoms with Crippen molar-refractivity contribution in [2.24, 2.45) is 0 Å². The number of halogens is 2. The molecule has 0 saturated heterocycles. The van der Waals surface area contributed by atoms with Crippen molar-refractivity contribution < 1.29 is 19.4 Å². The van der Waals surface area contributed by atoms with Crippen molar-refractivity contribution in [3.05, 3.63) is 58.1 Å². The van der Waals surface area contributed by atoms with Crippen molar-refractivity contribution in [2.75, 3.05) is 11.9 Å². The molecule has 2 rings (SSSR count). The van der Waals surface area contributed by atoms with Crippen molar-refractivity contribution in [1.82, 2.24) is 0 Å². The highest BCUT2D eigenvalue weighted by Gasteiger charge is 2.09. The molecule has 0 saturated carbocycles. The van der Waals surface area contributed by atoms with Crippen LogP contribution in [0.15, 0.2) is 42.5 Å². The Morgan fingerprint density at radius 3 is 2.64 bits per heavy atom. The smallest absolute Gasteiger partial charge is 0.335 e. The number of hydrogen-bond acceptors (Lipinski definition) is 3. The second-order valence-electron chi connectivity index (χ2n) is 4.30. The molecular weight excluding hydrogens is 329 g/mol. The average molecular weight is 340 g/mol. The van der Waals surface area contributed by atoms with E-state index in [1.165, 1.54) is 24.3 Å². The highest BCUT2D eigenvalue weighted by molar-refractivity contribution is 6.34. The van der Waals surface area contributed by atoms with Crippen LogP contribution >= 0.6 is 23.2 Å². The van der Waals surface area contributed by atoms with Gasteiger partial charge in [0, 0.05) is 16.8 Å². The van der Waals surface area contributed by atoms with Crippen LogP contribution in [0, 0.1) is 0 Å². The highest BCUT2D eigenvalue weighted by Crippen LogP contribution is 2.27. The number of nitrogens with one attached hydrogen (secondary N) is 1. The monoisotopic (exact) mass is 339 g/mol. The maximum absolute atomic E-state index is 11.8. The summed E-state index contributed by atoms with van der Waals surface area (Å²) in [4.78, 5) is 22.7. The van der Waals surface area contributed by atoms with Gasteiger partial charge in [0.25, 0.3) is 5.91 Å². The molecule has 0 atom stereocenters. The molecule has 0 radical (unpaired) electrons. The SMILES string of the molecule is O=C(COc1cc(Cl)ccc1Cl)Nc1cccc(C(=O)O)c1. The number of amides is 1. The first-order valence-corrected chi connectivity index (χ1v) is 6.92. The lowest BCUT2D eigenvalue weighted by molar-refractivity contribution is -0.118. The topological polar surface area (TPSA) is 75.6 Å². The summed E-state index contributed by atoms with van der Waals surface area (Å²) in [6, 6.07) is 10.6. The Kier molecular flexibility index (Phi) is 5.25. The summed E-state index contributed by atoms with van der Waals surface area (Å²) < 4.78 is 5.28. The van der Waals surface area contributed by atoms with Gasteiger partial charge in [0.15, 0.2) is 6.61 Å². The third-order valence-electron chi connectivity index (χ3n) is 2.65. The first kappa shape index (κ1) is 16.1. The van der Waals surface area contributed by atoms with Crippen LogP contribution in [-0.4, -0.2) is 23.6 Å². The van der Waals surface area contributed by atoms with Crippen LogP contribution in [0.2, 0.25) is 10.0 Å². The molecule has 114 valence electrons. The molecule has 0 bridgehead atoms. The Morgan fingerprint density at radius 2 is 1.91 bits per heavy atom. The van der Waals surface area contributed by atoms with Crippen LogP contribution in [-0.2, 0) is 4.79 Å². The van der Waals surface area contributed by atoms with Crippen LogP contribution in [0.5, 0.6) is 5.75 Å². The first-order valence-electron chi connectivity index (χ1n) is 6.17. The molecule has 0 aliphatic heterocycles. The summed E-state index contributed by atoms with van der Waals surface area (Å²) in [6.07, 6.45) is 0. The largest absolute Gasteiger partial charge is 0.482 e. The summed E-state index contributed by atoms with van der Waals surface area (Å²) in [6.45, 7) is -0.280. The Morgan fingerprint density at radius 1 is 1.14 bits per heavy atom. The van der Waals surface area contributed by atoms with E-state index in [9.17, 15) is 9.59 Å². The first-order chi connectivity index (χ1) is 10.5. The molecule has 0 heterocycles. The van der Waals surface area contributed by atoms with Gasteiger partial charge in [-0.1, -0.05) is 29.3 Å². The number of anilines is 1. The predicted octanol–water partition coefficient (Wildman–Crippen LogP) is 3.71. The van der Waals surface area contributed by atoms with Gasteiger partial charge in [-0.25, -0.2) is 4.79 Å². The normalized spacial score (nSPS) is 10.1. The third kappa shape index (κ3) is 4.38.